The SMILES string of the molecule is Cc1ccccc1N(CC(=O)Nc1ccc(N2CCOCC2)nc1)S(C)(=O)=O. The van der Waals surface area contributed by atoms with E-state index >= 15 is 0 Å². The minimum atomic E-state index is -3.61. The minimum Gasteiger partial charge on any atom is -0.378 e. The van der Waals surface area contributed by atoms with Crippen LogP contribution in [0.3, 0.4) is 0 Å². The molecule has 1 amide bonds. The number of aromatic nitrogens is 1. The number of para-hydroxylation sites is 1. The molecule has 0 atom stereocenters. The summed E-state index contributed by atoms with van der Waals surface area (Å²) in [5.41, 5.74) is 1.78. The number of morpholine rings is 1. The van der Waals surface area contributed by atoms with Crippen LogP contribution in [0, 0.1) is 6.92 Å². The van der Waals surface area contributed by atoms with Gasteiger partial charge in [0.15, 0.2) is 0 Å². The third-order valence-corrected chi connectivity index (χ3v) is 5.56. The highest BCUT2D eigenvalue weighted by atomic mass is 32.2. The highest BCUT2D eigenvalue weighted by molar-refractivity contribution is 7.92. The molecule has 9 heteroatoms. The van der Waals surface area contributed by atoms with E-state index in [0.717, 1.165) is 35.0 Å². The van der Waals surface area contributed by atoms with E-state index in [-0.39, 0.29) is 6.54 Å². The Bertz CT molecular complexity index is 925. The van der Waals surface area contributed by atoms with Gasteiger partial charge >= 0.3 is 0 Å². The number of benzene rings is 1. The number of sulfonamides is 1. The van der Waals surface area contributed by atoms with Crippen LogP contribution in [0.5, 0.6) is 0 Å². The summed E-state index contributed by atoms with van der Waals surface area (Å²) in [4.78, 5) is 19.0. The Balaban J connectivity index is 1.68. The van der Waals surface area contributed by atoms with Crippen molar-refractivity contribution in [3.8, 4) is 0 Å². The zero-order chi connectivity index (χ0) is 20.1. The van der Waals surface area contributed by atoms with Gasteiger partial charge in [-0.1, -0.05) is 18.2 Å². The van der Waals surface area contributed by atoms with Crippen LogP contribution in [0.15, 0.2) is 42.6 Å². The van der Waals surface area contributed by atoms with Gasteiger partial charge in [-0.15, -0.1) is 0 Å². The monoisotopic (exact) mass is 404 g/mol. The van der Waals surface area contributed by atoms with Gasteiger partial charge in [-0.25, -0.2) is 13.4 Å². The Morgan fingerprint density at radius 3 is 2.54 bits per heavy atom. The second-order valence-corrected chi connectivity index (χ2v) is 8.52. The highest BCUT2D eigenvalue weighted by Gasteiger charge is 2.22. The molecule has 0 spiro atoms. The normalized spacial score (nSPS) is 14.6. The fraction of sp³-hybridized carbons (Fsp3) is 0.368. The molecule has 2 heterocycles. The highest BCUT2D eigenvalue weighted by Crippen LogP contribution is 2.22. The van der Waals surface area contributed by atoms with Gasteiger partial charge < -0.3 is 15.0 Å². The van der Waals surface area contributed by atoms with Gasteiger partial charge in [-0.3, -0.25) is 9.10 Å². The smallest absolute Gasteiger partial charge is 0.245 e. The third-order valence-electron chi connectivity index (χ3n) is 4.44. The molecule has 1 N–H and O–H groups in total. The van der Waals surface area contributed by atoms with Gasteiger partial charge in [0.1, 0.15) is 12.4 Å². The first-order valence-electron chi connectivity index (χ1n) is 8.96. The maximum Gasteiger partial charge on any atom is 0.245 e. The maximum atomic E-state index is 12.5. The first kappa shape index (κ1) is 20.1. The molecule has 150 valence electrons. The van der Waals surface area contributed by atoms with E-state index in [1.807, 2.05) is 12.1 Å². The summed E-state index contributed by atoms with van der Waals surface area (Å²) in [5.74, 6) is 0.383. The minimum absolute atomic E-state index is 0.311. The largest absolute Gasteiger partial charge is 0.378 e. The van der Waals surface area contributed by atoms with Gasteiger partial charge in [0.2, 0.25) is 15.9 Å². The standard InChI is InChI=1S/C19H24N4O4S/c1-15-5-3-4-6-17(15)23(28(2,25)26)14-19(24)21-16-7-8-18(20-13-16)22-9-11-27-12-10-22/h3-8,13H,9-12,14H2,1-2H3,(H,21,24). The van der Waals surface area contributed by atoms with Crippen molar-refractivity contribution in [2.75, 3.05) is 53.6 Å². The Labute approximate surface area is 165 Å². The fourth-order valence-corrected chi connectivity index (χ4v) is 3.91. The average molecular weight is 404 g/mol. The number of carbonyl (C=O) groups excluding carboxylic acids is 1. The molecule has 0 radical (unpaired) electrons. The molecule has 1 aromatic carbocycles. The van der Waals surface area contributed by atoms with Crippen molar-refractivity contribution in [2.24, 2.45) is 0 Å². The number of ether oxygens (including phenoxy) is 1. The molecule has 28 heavy (non-hydrogen) atoms. The summed E-state index contributed by atoms with van der Waals surface area (Å²) in [7, 11) is -3.61. The maximum absolute atomic E-state index is 12.5. The number of anilines is 3. The van der Waals surface area contributed by atoms with E-state index < -0.39 is 15.9 Å². The Kier molecular flexibility index (Phi) is 6.15. The average Bonchev–Trinajstić information content (AvgIpc) is 2.67. The van der Waals surface area contributed by atoms with E-state index in [2.05, 4.69) is 15.2 Å². The molecule has 0 saturated carbocycles. The van der Waals surface area contributed by atoms with Crippen molar-refractivity contribution in [3.05, 3.63) is 48.2 Å². The van der Waals surface area contributed by atoms with Gasteiger partial charge in [-0.05, 0) is 30.7 Å². The van der Waals surface area contributed by atoms with Crippen molar-refractivity contribution < 1.29 is 17.9 Å². The number of amides is 1. The van der Waals surface area contributed by atoms with Crippen molar-refractivity contribution >= 4 is 33.1 Å². The molecule has 1 aliphatic heterocycles. The topological polar surface area (TPSA) is 91.8 Å². The van der Waals surface area contributed by atoms with Gasteiger partial charge in [0.25, 0.3) is 0 Å². The molecule has 8 nitrogen and oxygen atoms in total. The lowest BCUT2D eigenvalue weighted by Gasteiger charge is -2.27. The number of nitrogens with zero attached hydrogens (tertiary/aromatic N) is 3. The van der Waals surface area contributed by atoms with E-state index in [1.165, 1.54) is 0 Å². The fourth-order valence-electron chi connectivity index (χ4n) is 2.99. The van der Waals surface area contributed by atoms with Crippen LogP contribution in [-0.2, 0) is 19.6 Å². The Morgan fingerprint density at radius 1 is 1.21 bits per heavy atom. The van der Waals surface area contributed by atoms with Crippen LogP contribution in [0.25, 0.3) is 0 Å². The number of aryl methyl sites for hydroxylation is 1. The van der Waals surface area contributed by atoms with Crippen molar-refractivity contribution in [3.63, 3.8) is 0 Å². The quantitative estimate of drug-likeness (QED) is 0.787. The molecule has 0 bridgehead atoms. The molecular formula is C19H24N4O4S. The van der Waals surface area contributed by atoms with Crippen LogP contribution in [-0.4, -0.2) is 58.4 Å². The molecule has 0 aliphatic carbocycles. The van der Waals surface area contributed by atoms with Gasteiger partial charge in [0, 0.05) is 13.1 Å². The summed E-state index contributed by atoms with van der Waals surface area (Å²) < 4.78 is 30.9. The Hall–Kier alpha value is -2.65. The summed E-state index contributed by atoms with van der Waals surface area (Å²) in [6.07, 6.45) is 2.66. The first-order valence-corrected chi connectivity index (χ1v) is 10.8. The number of hydrogen-bond donors (Lipinski definition) is 1. The summed E-state index contributed by atoms with van der Waals surface area (Å²) in [5, 5.41) is 2.71. The zero-order valence-corrected chi connectivity index (χ0v) is 16.8. The van der Waals surface area contributed by atoms with Crippen LogP contribution in [0.4, 0.5) is 17.2 Å². The first-order chi connectivity index (χ1) is 13.3. The predicted molar refractivity (Wildman–Crippen MR) is 109 cm³/mol. The molecule has 1 aliphatic rings. The summed E-state index contributed by atoms with van der Waals surface area (Å²) in [6, 6.07) is 10.6. The second kappa shape index (κ2) is 8.57. The number of rotatable bonds is 6. The third kappa shape index (κ3) is 4.99. The second-order valence-electron chi connectivity index (χ2n) is 6.61. The molecule has 3 rings (SSSR count). The lowest BCUT2D eigenvalue weighted by Crippen LogP contribution is -2.38. The summed E-state index contributed by atoms with van der Waals surface area (Å²) in [6.45, 7) is 4.38. The van der Waals surface area contributed by atoms with E-state index in [0.29, 0.717) is 24.6 Å². The van der Waals surface area contributed by atoms with E-state index in [4.69, 9.17) is 4.74 Å². The van der Waals surface area contributed by atoms with Crippen LogP contribution in [0.1, 0.15) is 5.56 Å². The summed E-state index contributed by atoms with van der Waals surface area (Å²) >= 11 is 0. The number of carbonyl (C=O) groups is 1. The molecular weight excluding hydrogens is 380 g/mol. The number of nitrogens with one attached hydrogen (secondary N) is 1. The molecule has 1 saturated heterocycles. The van der Waals surface area contributed by atoms with Crippen LogP contribution in [0.2, 0.25) is 0 Å². The lowest BCUT2D eigenvalue weighted by molar-refractivity contribution is -0.114. The van der Waals surface area contributed by atoms with Crippen molar-refractivity contribution in [1.82, 2.24) is 4.98 Å². The van der Waals surface area contributed by atoms with Crippen molar-refractivity contribution in [2.45, 2.75) is 6.92 Å². The lowest BCUT2D eigenvalue weighted by atomic mass is 10.2. The molecule has 0 unspecified atom stereocenters. The number of pyridine rings is 1. The zero-order valence-electron chi connectivity index (χ0n) is 16.0. The van der Waals surface area contributed by atoms with Gasteiger partial charge in [-0.2, -0.15) is 0 Å². The Morgan fingerprint density at radius 2 is 1.93 bits per heavy atom. The van der Waals surface area contributed by atoms with E-state index in [1.54, 1.807) is 37.4 Å². The van der Waals surface area contributed by atoms with Gasteiger partial charge in [0.05, 0.1) is 37.0 Å². The van der Waals surface area contributed by atoms with E-state index in [9.17, 15) is 13.2 Å². The molecule has 2 aromatic rings. The molecule has 1 fully saturated rings. The molecule has 1 aromatic heterocycles. The van der Waals surface area contributed by atoms with Crippen LogP contribution < -0.4 is 14.5 Å². The number of hydrogen-bond acceptors (Lipinski definition) is 6. The predicted octanol–water partition coefficient (Wildman–Crippen LogP) is 1.63. The van der Waals surface area contributed by atoms with Crippen molar-refractivity contribution in [1.29, 1.82) is 0 Å². The van der Waals surface area contributed by atoms with Crippen LogP contribution >= 0.6 is 0 Å².